The molecule has 2 bridgehead atoms. The van der Waals surface area contributed by atoms with E-state index in [1.807, 2.05) is 13.8 Å². The van der Waals surface area contributed by atoms with Crippen LogP contribution in [0.4, 0.5) is 0 Å². The van der Waals surface area contributed by atoms with Crippen molar-refractivity contribution in [1.82, 2.24) is 5.32 Å². The van der Waals surface area contributed by atoms with Crippen molar-refractivity contribution in [3.63, 3.8) is 0 Å². The van der Waals surface area contributed by atoms with Crippen molar-refractivity contribution in [1.29, 1.82) is 0 Å². The van der Waals surface area contributed by atoms with Gasteiger partial charge >= 0.3 is 0 Å². The smallest absolute Gasteiger partial charge is 0.234 e. The third-order valence-corrected chi connectivity index (χ3v) is 5.22. The summed E-state index contributed by atoms with van der Waals surface area (Å²) in [4.78, 5) is 25.0. The van der Waals surface area contributed by atoms with Gasteiger partial charge in [-0.15, -0.1) is 0 Å². The van der Waals surface area contributed by atoms with Gasteiger partial charge in [-0.2, -0.15) is 0 Å². The summed E-state index contributed by atoms with van der Waals surface area (Å²) < 4.78 is 5.51. The summed E-state index contributed by atoms with van der Waals surface area (Å²) in [5, 5.41) is 12.2. The Hall–Kier alpha value is -0.940. The molecule has 2 N–H and O–H groups in total. The van der Waals surface area contributed by atoms with Gasteiger partial charge in [-0.3, -0.25) is 9.59 Å². The maximum Gasteiger partial charge on any atom is 0.234 e. The van der Waals surface area contributed by atoms with E-state index in [0.29, 0.717) is 19.3 Å². The van der Waals surface area contributed by atoms with E-state index in [-0.39, 0.29) is 35.9 Å². The summed E-state index contributed by atoms with van der Waals surface area (Å²) in [5.41, 5.74) is -1.23. The van der Waals surface area contributed by atoms with Gasteiger partial charge in [0.25, 0.3) is 0 Å². The first kappa shape index (κ1) is 15.4. The lowest BCUT2D eigenvalue weighted by atomic mass is 9.57. The van der Waals surface area contributed by atoms with Gasteiger partial charge in [0.05, 0.1) is 18.2 Å². The standard InChI is InChI=1S/C15H25NO4/c1-10(2)11(9-17)16-13(19)15-6-4-14(20-3,5-7-15)8-12(15)18/h10-11,17H,4-9H2,1-3H3,(H,16,19)/t11-,14?,15?/m1/s1. The third kappa shape index (κ3) is 2.37. The van der Waals surface area contributed by atoms with E-state index < -0.39 is 5.41 Å². The van der Waals surface area contributed by atoms with Crippen molar-refractivity contribution in [2.45, 2.75) is 57.6 Å². The van der Waals surface area contributed by atoms with E-state index in [0.717, 1.165) is 12.8 Å². The van der Waals surface area contributed by atoms with Crippen LogP contribution in [0.15, 0.2) is 0 Å². The normalized spacial score (nSPS) is 34.4. The largest absolute Gasteiger partial charge is 0.394 e. The van der Waals surface area contributed by atoms with Gasteiger partial charge in [0, 0.05) is 13.5 Å². The summed E-state index contributed by atoms with van der Waals surface area (Å²) in [6.07, 6.45) is 2.97. The van der Waals surface area contributed by atoms with E-state index in [4.69, 9.17) is 4.74 Å². The summed E-state index contributed by atoms with van der Waals surface area (Å²) in [6.45, 7) is 3.78. The molecule has 3 fully saturated rings. The molecule has 0 unspecified atom stereocenters. The number of amides is 1. The minimum Gasteiger partial charge on any atom is -0.394 e. The van der Waals surface area contributed by atoms with Crippen LogP contribution in [0.1, 0.15) is 46.0 Å². The Bertz CT molecular complexity index is 397. The molecule has 0 aromatic heterocycles. The maximum absolute atomic E-state index is 12.6. The number of nitrogens with one attached hydrogen (secondary N) is 1. The van der Waals surface area contributed by atoms with Gasteiger partial charge in [0.2, 0.25) is 5.91 Å². The number of fused-ring (bicyclic) bond motifs is 3. The molecular formula is C15H25NO4. The number of carbonyl (C=O) groups excluding carboxylic acids is 2. The summed E-state index contributed by atoms with van der Waals surface area (Å²) in [7, 11) is 1.65. The molecule has 5 heteroatoms. The minimum atomic E-state index is -0.886. The summed E-state index contributed by atoms with van der Waals surface area (Å²) >= 11 is 0. The van der Waals surface area contributed by atoms with Gasteiger partial charge < -0.3 is 15.2 Å². The lowest BCUT2D eigenvalue weighted by Crippen LogP contribution is -2.60. The Morgan fingerprint density at radius 3 is 2.35 bits per heavy atom. The Labute approximate surface area is 120 Å². The first-order valence-electron chi connectivity index (χ1n) is 7.39. The number of Topliss-reactive ketones (excluding diaryl/α,β-unsaturated/α-hetero) is 1. The van der Waals surface area contributed by atoms with Gasteiger partial charge in [-0.05, 0) is 31.6 Å². The van der Waals surface area contributed by atoms with Gasteiger partial charge in [-0.25, -0.2) is 0 Å². The molecule has 3 aliphatic rings. The highest BCUT2D eigenvalue weighted by Gasteiger charge is 2.58. The minimum absolute atomic E-state index is 0.00482. The maximum atomic E-state index is 12.6. The Balaban J connectivity index is 2.12. The Kier molecular flexibility index (Phi) is 4.21. The van der Waals surface area contributed by atoms with Crippen LogP contribution < -0.4 is 5.32 Å². The fourth-order valence-electron chi connectivity index (χ4n) is 3.41. The predicted molar refractivity (Wildman–Crippen MR) is 74.1 cm³/mol. The van der Waals surface area contributed by atoms with Crippen LogP contribution >= 0.6 is 0 Å². The van der Waals surface area contributed by atoms with Crippen molar-refractivity contribution in [3.05, 3.63) is 0 Å². The van der Waals surface area contributed by atoms with Crippen molar-refractivity contribution in [3.8, 4) is 0 Å². The van der Waals surface area contributed by atoms with Crippen LogP contribution in [-0.4, -0.2) is 42.2 Å². The molecule has 0 spiro atoms. The van der Waals surface area contributed by atoms with Gasteiger partial charge in [0.1, 0.15) is 5.41 Å². The molecule has 0 aromatic rings. The number of hydrogen-bond donors (Lipinski definition) is 2. The molecule has 3 saturated carbocycles. The quantitative estimate of drug-likeness (QED) is 0.739. The van der Waals surface area contributed by atoms with E-state index in [2.05, 4.69) is 5.32 Å². The fraction of sp³-hybridized carbons (Fsp3) is 0.867. The van der Waals surface area contributed by atoms with Gasteiger partial charge in [0.15, 0.2) is 5.78 Å². The van der Waals surface area contributed by atoms with Crippen molar-refractivity contribution in [2.24, 2.45) is 11.3 Å². The van der Waals surface area contributed by atoms with Crippen LogP contribution in [0.25, 0.3) is 0 Å². The van der Waals surface area contributed by atoms with Gasteiger partial charge in [-0.1, -0.05) is 13.8 Å². The first-order valence-corrected chi connectivity index (χ1v) is 7.39. The van der Waals surface area contributed by atoms with E-state index in [9.17, 15) is 14.7 Å². The lowest BCUT2D eigenvalue weighted by molar-refractivity contribution is -0.167. The first-order chi connectivity index (χ1) is 9.39. The molecule has 0 saturated heterocycles. The Morgan fingerprint density at radius 1 is 1.35 bits per heavy atom. The van der Waals surface area contributed by atoms with Crippen molar-refractivity contribution < 1.29 is 19.4 Å². The van der Waals surface area contributed by atoms with Crippen LogP contribution in [0.2, 0.25) is 0 Å². The second-order valence-electron chi connectivity index (χ2n) is 6.58. The number of ketones is 1. The molecule has 5 nitrogen and oxygen atoms in total. The Morgan fingerprint density at radius 2 is 1.95 bits per heavy atom. The molecule has 0 radical (unpaired) electrons. The van der Waals surface area contributed by atoms with Crippen molar-refractivity contribution in [2.75, 3.05) is 13.7 Å². The van der Waals surface area contributed by atoms with Crippen LogP contribution in [0.3, 0.4) is 0 Å². The summed E-state index contributed by atoms with van der Waals surface area (Å²) in [6, 6.07) is -0.291. The molecule has 3 rings (SSSR count). The van der Waals surface area contributed by atoms with Crippen LogP contribution in [-0.2, 0) is 14.3 Å². The second-order valence-corrected chi connectivity index (χ2v) is 6.58. The molecule has 3 aliphatic carbocycles. The lowest BCUT2D eigenvalue weighted by Gasteiger charge is -2.50. The van der Waals surface area contributed by atoms with Crippen LogP contribution in [0.5, 0.6) is 0 Å². The molecule has 20 heavy (non-hydrogen) atoms. The number of rotatable bonds is 5. The zero-order valence-corrected chi connectivity index (χ0v) is 12.6. The molecule has 0 aliphatic heterocycles. The molecule has 0 heterocycles. The molecular weight excluding hydrogens is 258 g/mol. The number of aliphatic hydroxyl groups is 1. The molecule has 0 aromatic carbocycles. The average molecular weight is 283 g/mol. The second kappa shape index (κ2) is 5.45. The number of carbonyl (C=O) groups is 2. The topological polar surface area (TPSA) is 75.6 Å². The number of aliphatic hydroxyl groups excluding tert-OH is 1. The summed E-state index contributed by atoms with van der Waals surface area (Å²) in [5.74, 6) is -0.0739. The highest BCUT2D eigenvalue weighted by Crippen LogP contribution is 2.51. The molecule has 114 valence electrons. The number of hydrogen-bond acceptors (Lipinski definition) is 4. The highest BCUT2D eigenvalue weighted by atomic mass is 16.5. The fourth-order valence-corrected chi connectivity index (χ4v) is 3.41. The molecule has 1 atom stereocenters. The zero-order valence-electron chi connectivity index (χ0n) is 12.6. The molecule has 1 amide bonds. The highest BCUT2D eigenvalue weighted by molar-refractivity contribution is 6.07. The van der Waals surface area contributed by atoms with E-state index in [1.54, 1.807) is 7.11 Å². The predicted octanol–water partition coefficient (Wildman–Crippen LogP) is 1.04. The third-order valence-electron chi connectivity index (χ3n) is 5.22. The number of ether oxygens (including phenoxy) is 1. The number of methoxy groups -OCH3 is 1. The monoisotopic (exact) mass is 283 g/mol. The zero-order chi connectivity index (χ0) is 15.0. The average Bonchev–Trinajstić information content (AvgIpc) is 2.45. The van der Waals surface area contributed by atoms with Crippen LogP contribution in [0, 0.1) is 11.3 Å². The van der Waals surface area contributed by atoms with E-state index in [1.165, 1.54) is 0 Å². The SMILES string of the molecule is COC12CCC(C(=O)N[C@H](CO)C(C)C)(CC1)C(=O)C2. The van der Waals surface area contributed by atoms with Crippen molar-refractivity contribution >= 4 is 11.7 Å². The van der Waals surface area contributed by atoms with E-state index >= 15 is 0 Å².